The van der Waals surface area contributed by atoms with Gasteiger partial charge in [0.1, 0.15) is 32.3 Å². The minimum absolute atomic E-state index is 0.272. The summed E-state index contributed by atoms with van der Waals surface area (Å²) in [5.41, 5.74) is 31.1. The maximum atomic E-state index is 11.7. The topological polar surface area (TPSA) is 271 Å². The van der Waals surface area contributed by atoms with Crippen molar-refractivity contribution in [3.05, 3.63) is 0 Å². The number of carbonyl (C=O) groups excluding carboxylic acids is 3. The first kappa shape index (κ1) is 24.4. The summed E-state index contributed by atoms with van der Waals surface area (Å²) in [7, 11) is 0. The molecule has 0 amide bonds. The molecule has 0 saturated carbocycles. The monoisotopic (exact) mass is 393 g/mol. The first-order valence-corrected chi connectivity index (χ1v) is 7.65. The number of guanidine groups is 1. The van der Waals surface area contributed by atoms with Crippen molar-refractivity contribution in [2.75, 3.05) is 32.8 Å². The Kier molecular flexibility index (Phi) is 12.3. The molecule has 0 radical (unpaired) electrons. The van der Waals surface area contributed by atoms with Gasteiger partial charge in [0.05, 0.1) is 13.1 Å². The Morgan fingerprint density at radius 3 is 1.78 bits per heavy atom. The quantitative estimate of drug-likeness (QED) is 0.0475. The van der Waals surface area contributed by atoms with Crippen molar-refractivity contribution in [3.8, 4) is 0 Å². The fourth-order valence-corrected chi connectivity index (χ4v) is 1.37. The molecule has 0 aliphatic rings. The highest BCUT2D eigenvalue weighted by Crippen LogP contribution is 1.98. The van der Waals surface area contributed by atoms with Crippen LogP contribution in [-0.2, 0) is 28.6 Å². The highest BCUT2D eigenvalue weighted by Gasteiger charge is 2.19. The summed E-state index contributed by atoms with van der Waals surface area (Å²) in [6, 6.07) is 0. The Morgan fingerprint density at radius 1 is 0.815 bits per heavy atom. The van der Waals surface area contributed by atoms with Crippen LogP contribution >= 0.6 is 0 Å². The minimum atomic E-state index is -1.09. The molecule has 1 atom stereocenters. The highest BCUT2D eigenvalue weighted by molar-refractivity contribution is 5.80. The Labute approximate surface area is 155 Å². The van der Waals surface area contributed by atoms with E-state index in [2.05, 4.69) is 15.6 Å². The Morgan fingerprint density at radius 2 is 1.30 bits per heavy atom. The van der Waals surface area contributed by atoms with Gasteiger partial charge in [-0.3, -0.25) is 25.0 Å². The van der Waals surface area contributed by atoms with Gasteiger partial charge in [0.25, 0.3) is 0 Å². The molecule has 0 bridgehead atoms. The molecular weight excluding hydrogens is 366 g/mol. The van der Waals surface area contributed by atoms with Crippen molar-refractivity contribution in [1.29, 1.82) is 0 Å². The zero-order chi connectivity index (χ0) is 20.8. The second kappa shape index (κ2) is 13.6. The van der Waals surface area contributed by atoms with Gasteiger partial charge < -0.3 is 48.6 Å². The van der Waals surface area contributed by atoms with Gasteiger partial charge in [0, 0.05) is 0 Å². The van der Waals surface area contributed by atoms with Crippen LogP contribution in [0.5, 0.6) is 0 Å². The third kappa shape index (κ3) is 15.4. The van der Waals surface area contributed by atoms with Crippen LogP contribution in [0.15, 0.2) is 4.99 Å². The number of hydrogen-bond donors (Lipinski definition) is 8. The summed E-state index contributed by atoms with van der Waals surface area (Å²) in [6.07, 6.45) is -2.93. The number of esters is 3. The fraction of sp³-hybridized carbons (Fsp3) is 0.667. The van der Waals surface area contributed by atoms with Gasteiger partial charge in [-0.2, -0.15) is 0 Å². The van der Waals surface area contributed by atoms with Gasteiger partial charge in [-0.1, -0.05) is 0 Å². The largest absolute Gasteiger partial charge is 0.461 e. The van der Waals surface area contributed by atoms with Crippen molar-refractivity contribution in [2.24, 2.45) is 39.4 Å². The Balaban J connectivity index is 4.55. The molecule has 27 heavy (non-hydrogen) atoms. The lowest BCUT2D eigenvalue weighted by Gasteiger charge is -2.19. The average Bonchev–Trinajstić information content (AvgIpc) is 2.58. The molecule has 0 aromatic rings. The van der Waals surface area contributed by atoms with Crippen molar-refractivity contribution >= 4 is 23.9 Å². The lowest BCUT2D eigenvalue weighted by molar-refractivity contribution is -0.165. The molecule has 156 valence electrons. The van der Waals surface area contributed by atoms with E-state index in [1.807, 2.05) is 0 Å². The third-order valence-electron chi connectivity index (χ3n) is 2.51. The molecule has 15 heteroatoms. The molecule has 0 aromatic heterocycles. The summed E-state index contributed by atoms with van der Waals surface area (Å²) >= 11 is 0. The number of carbonyl (C=O) groups is 3. The Bertz CT molecular complexity index is 510. The van der Waals surface area contributed by atoms with Gasteiger partial charge in [-0.15, -0.1) is 0 Å². The van der Waals surface area contributed by atoms with Gasteiger partial charge >= 0.3 is 17.9 Å². The van der Waals surface area contributed by atoms with Gasteiger partial charge in [0.15, 0.2) is 12.1 Å². The maximum absolute atomic E-state index is 11.7. The van der Waals surface area contributed by atoms with E-state index in [-0.39, 0.29) is 19.0 Å². The van der Waals surface area contributed by atoms with E-state index in [1.54, 1.807) is 0 Å². The van der Waals surface area contributed by atoms with E-state index in [4.69, 9.17) is 48.6 Å². The van der Waals surface area contributed by atoms with E-state index in [0.717, 1.165) is 0 Å². The van der Waals surface area contributed by atoms with Gasteiger partial charge in [-0.25, -0.2) is 4.99 Å². The number of nitrogens with two attached hydrogens (primary N) is 6. The fourth-order valence-electron chi connectivity index (χ4n) is 1.37. The maximum Gasteiger partial charge on any atom is 0.327 e. The van der Waals surface area contributed by atoms with Crippen molar-refractivity contribution in [2.45, 2.75) is 18.7 Å². The van der Waals surface area contributed by atoms with Crippen molar-refractivity contribution in [1.82, 2.24) is 10.6 Å². The smallest absolute Gasteiger partial charge is 0.327 e. The predicted octanol–water partition coefficient (Wildman–Crippen LogP) is -6.16. The van der Waals surface area contributed by atoms with Crippen LogP contribution in [0.1, 0.15) is 0 Å². The molecule has 0 saturated heterocycles. The average molecular weight is 393 g/mol. The van der Waals surface area contributed by atoms with Gasteiger partial charge in [-0.05, 0) is 0 Å². The summed E-state index contributed by atoms with van der Waals surface area (Å²) in [6.45, 7) is -1.81. The van der Waals surface area contributed by atoms with Crippen LogP contribution in [-0.4, -0.2) is 75.4 Å². The minimum Gasteiger partial charge on any atom is -0.461 e. The van der Waals surface area contributed by atoms with Gasteiger partial charge in [0.2, 0.25) is 0 Å². The SMILES string of the molecule is NC(N)=NCC(=O)OCC(COC(=O)CNC(N)N)OC(=O)CNC(N)N. The summed E-state index contributed by atoms with van der Waals surface area (Å²) in [5.74, 6) is -2.56. The molecular formula is C12H27N9O6. The number of aliphatic imine (C=N–C) groups is 1. The summed E-state index contributed by atoms with van der Waals surface area (Å²) in [4.78, 5) is 38.2. The molecule has 14 N–H and O–H groups in total. The van der Waals surface area contributed by atoms with Crippen LogP contribution in [0.25, 0.3) is 0 Å². The number of ether oxygens (including phenoxy) is 3. The van der Waals surface area contributed by atoms with E-state index in [1.165, 1.54) is 0 Å². The first-order valence-electron chi connectivity index (χ1n) is 7.65. The molecule has 0 aliphatic carbocycles. The van der Waals surface area contributed by atoms with E-state index in [9.17, 15) is 14.4 Å². The van der Waals surface area contributed by atoms with Crippen LogP contribution in [0, 0.1) is 0 Å². The van der Waals surface area contributed by atoms with Crippen LogP contribution in [0.2, 0.25) is 0 Å². The zero-order valence-electron chi connectivity index (χ0n) is 14.6. The normalized spacial score (nSPS) is 11.8. The third-order valence-corrected chi connectivity index (χ3v) is 2.51. The number of rotatable bonds is 13. The standard InChI is InChI=1S/C12H27N9O6/c13-10(14)19-1-7(22)25-4-6(27-9(24)3-21-12(17)18)5-26-8(23)2-20-11(15)16/h6,10,12,19,21H,1-5,13-14,17-18H2,(H4,15,16,20). The van der Waals surface area contributed by atoms with Crippen molar-refractivity contribution in [3.63, 3.8) is 0 Å². The molecule has 0 aliphatic heterocycles. The van der Waals surface area contributed by atoms with E-state index < -0.39 is 56.3 Å². The molecule has 15 nitrogen and oxygen atoms in total. The lowest BCUT2D eigenvalue weighted by atomic mass is 10.4. The second-order valence-corrected chi connectivity index (χ2v) is 5.03. The predicted molar refractivity (Wildman–Crippen MR) is 92.8 cm³/mol. The van der Waals surface area contributed by atoms with Crippen LogP contribution in [0.4, 0.5) is 0 Å². The molecule has 0 heterocycles. The summed E-state index contributed by atoms with van der Waals surface area (Å²) < 4.78 is 14.8. The van der Waals surface area contributed by atoms with E-state index in [0.29, 0.717) is 0 Å². The second-order valence-electron chi connectivity index (χ2n) is 5.03. The molecule has 0 spiro atoms. The highest BCUT2D eigenvalue weighted by atomic mass is 16.6. The number of hydrogen-bond acceptors (Lipinski definition) is 13. The molecule has 0 aromatic carbocycles. The molecule has 1 unspecified atom stereocenters. The van der Waals surface area contributed by atoms with Crippen LogP contribution < -0.4 is 45.0 Å². The molecule has 0 fully saturated rings. The number of nitrogens with one attached hydrogen (secondary N) is 2. The Hall–Kier alpha value is -2.56. The number of nitrogens with zero attached hydrogens (tertiary/aromatic N) is 1. The lowest BCUT2D eigenvalue weighted by Crippen LogP contribution is -2.48. The zero-order valence-corrected chi connectivity index (χ0v) is 14.6. The van der Waals surface area contributed by atoms with Crippen molar-refractivity contribution < 1.29 is 28.6 Å². The van der Waals surface area contributed by atoms with E-state index >= 15 is 0 Å². The first-order chi connectivity index (χ1) is 12.6. The summed E-state index contributed by atoms with van der Waals surface area (Å²) in [5, 5.41) is 4.86. The van der Waals surface area contributed by atoms with Crippen LogP contribution in [0.3, 0.4) is 0 Å². The molecule has 0 rings (SSSR count).